The van der Waals surface area contributed by atoms with Gasteiger partial charge in [0.05, 0.1) is 10.8 Å². The second-order valence-corrected chi connectivity index (χ2v) is 5.73. The van der Waals surface area contributed by atoms with Crippen molar-refractivity contribution in [2.75, 3.05) is 0 Å². The van der Waals surface area contributed by atoms with Crippen molar-refractivity contribution in [3.8, 4) is 0 Å². The lowest BCUT2D eigenvalue weighted by atomic mass is 9.81. The lowest BCUT2D eigenvalue weighted by Crippen LogP contribution is -2.27. The van der Waals surface area contributed by atoms with E-state index in [1.54, 1.807) is 6.07 Å². The van der Waals surface area contributed by atoms with Crippen molar-refractivity contribution in [3.05, 3.63) is 50.1 Å². The molecule has 2 saturated carbocycles. The summed E-state index contributed by atoms with van der Waals surface area (Å²) < 4.78 is 0. The average Bonchev–Trinajstić information content (AvgIpc) is 3.12. The van der Waals surface area contributed by atoms with Gasteiger partial charge < -0.3 is 0 Å². The van der Waals surface area contributed by atoms with E-state index in [9.17, 15) is 25.0 Å². The molecule has 2 aliphatic carbocycles. The van der Waals surface area contributed by atoms with Crippen LogP contribution >= 0.6 is 0 Å². The molecule has 0 N–H and O–H groups in total. The van der Waals surface area contributed by atoms with E-state index in [1.165, 1.54) is 18.2 Å². The number of nitrogens with zero attached hydrogens (tertiary/aromatic N) is 2. The molecule has 2 aliphatic rings. The highest BCUT2D eigenvalue weighted by Crippen LogP contribution is 2.66. The Morgan fingerprint density at radius 1 is 1.19 bits per heavy atom. The fraction of sp³-hybridized carbons (Fsp3) is 0.500. The minimum absolute atomic E-state index is 0.0630. The van der Waals surface area contributed by atoms with Crippen LogP contribution in [-0.2, 0) is 4.79 Å². The minimum atomic E-state index is -0.938. The summed E-state index contributed by atoms with van der Waals surface area (Å²) in [4.78, 5) is 33.5. The predicted molar refractivity (Wildman–Crippen MR) is 72.5 cm³/mol. The molecule has 21 heavy (non-hydrogen) atoms. The Labute approximate surface area is 120 Å². The van der Waals surface area contributed by atoms with E-state index in [0.717, 1.165) is 12.8 Å². The standard InChI is InChI=1S/C14H14N2O5/c17-11-6-1-2-7-14(11)12(13(14)16(20)21)9-4-3-5-10(8-9)15(18)19/h3-5,8,12-13H,1-2,6-7H2/t12-,13-,14-/m1/s1. The van der Waals surface area contributed by atoms with Crippen LogP contribution in [0.2, 0.25) is 0 Å². The van der Waals surface area contributed by atoms with E-state index in [2.05, 4.69) is 0 Å². The summed E-state index contributed by atoms with van der Waals surface area (Å²) in [5.41, 5.74) is -0.502. The molecule has 1 spiro atoms. The van der Waals surface area contributed by atoms with E-state index in [0.29, 0.717) is 18.4 Å². The van der Waals surface area contributed by atoms with Crippen molar-refractivity contribution in [1.29, 1.82) is 0 Å². The number of benzene rings is 1. The summed E-state index contributed by atoms with van der Waals surface area (Å²) in [6.07, 6.45) is 2.44. The van der Waals surface area contributed by atoms with Gasteiger partial charge in [-0.15, -0.1) is 0 Å². The third-order valence-electron chi connectivity index (χ3n) is 4.72. The van der Waals surface area contributed by atoms with Crippen molar-refractivity contribution in [3.63, 3.8) is 0 Å². The summed E-state index contributed by atoms with van der Waals surface area (Å²) in [7, 11) is 0. The van der Waals surface area contributed by atoms with Crippen LogP contribution in [0.3, 0.4) is 0 Å². The maximum Gasteiger partial charge on any atom is 0.269 e. The first-order valence-corrected chi connectivity index (χ1v) is 6.89. The summed E-state index contributed by atoms with van der Waals surface area (Å²) >= 11 is 0. The minimum Gasteiger partial charge on any atom is -0.299 e. The highest BCUT2D eigenvalue weighted by molar-refractivity contribution is 5.91. The van der Waals surface area contributed by atoms with Gasteiger partial charge in [0, 0.05) is 23.5 Å². The molecule has 0 bridgehead atoms. The van der Waals surface area contributed by atoms with Crippen molar-refractivity contribution in [2.24, 2.45) is 5.41 Å². The Balaban J connectivity index is 2.01. The molecule has 0 amide bonds. The van der Waals surface area contributed by atoms with E-state index in [4.69, 9.17) is 0 Å². The van der Waals surface area contributed by atoms with Crippen LogP contribution in [0, 0.1) is 25.6 Å². The molecule has 0 unspecified atom stereocenters. The van der Waals surface area contributed by atoms with Crippen molar-refractivity contribution in [2.45, 2.75) is 37.6 Å². The second-order valence-electron chi connectivity index (χ2n) is 5.73. The maximum atomic E-state index is 12.3. The molecule has 1 aromatic rings. The zero-order chi connectivity index (χ0) is 15.2. The van der Waals surface area contributed by atoms with Crippen molar-refractivity contribution < 1.29 is 14.6 Å². The van der Waals surface area contributed by atoms with Crippen molar-refractivity contribution in [1.82, 2.24) is 0 Å². The maximum absolute atomic E-state index is 12.3. The molecule has 1 aromatic carbocycles. The van der Waals surface area contributed by atoms with E-state index in [1.807, 2.05) is 0 Å². The lowest BCUT2D eigenvalue weighted by Gasteiger charge is -2.19. The van der Waals surface area contributed by atoms with Crippen LogP contribution in [0.25, 0.3) is 0 Å². The van der Waals surface area contributed by atoms with Gasteiger partial charge in [-0.3, -0.25) is 25.0 Å². The van der Waals surface area contributed by atoms with Crippen LogP contribution < -0.4 is 0 Å². The fourth-order valence-electron chi connectivity index (χ4n) is 3.76. The molecule has 7 heteroatoms. The molecule has 0 aromatic heterocycles. The summed E-state index contributed by atoms with van der Waals surface area (Å²) in [6, 6.07) is 4.93. The SMILES string of the molecule is O=C1CCCC[C@]12[C@H](c1cccc([N+](=O)[O-])c1)[C@H]2[N+](=O)[O-]. The van der Waals surface area contributed by atoms with Gasteiger partial charge in [0.1, 0.15) is 11.2 Å². The molecular formula is C14H14N2O5. The number of rotatable bonds is 3. The van der Waals surface area contributed by atoms with Gasteiger partial charge in [0.25, 0.3) is 5.69 Å². The van der Waals surface area contributed by atoms with E-state index >= 15 is 0 Å². The molecule has 2 fully saturated rings. The Morgan fingerprint density at radius 3 is 2.57 bits per heavy atom. The van der Waals surface area contributed by atoms with Gasteiger partial charge in [-0.25, -0.2) is 0 Å². The number of ketones is 1. The van der Waals surface area contributed by atoms with Gasteiger partial charge >= 0.3 is 0 Å². The first-order chi connectivity index (χ1) is 9.98. The summed E-state index contributed by atoms with van der Waals surface area (Å²) in [5.74, 6) is -0.591. The van der Waals surface area contributed by atoms with Crippen LogP contribution in [0.5, 0.6) is 0 Å². The predicted octanol–water partition coefficient (Wildman–Crippen LogP) is 2.47. The van der Waals surface area contributed by atoms with Crippen LogP contribution in [0.15, 0.2) is 24.3 Å². The number of nitro groups is 2. The molecule has 7 nitrogen and oxygen atoms in total. The van der Waals surface area contributed by atoms with Crippen molar-refractivity contribution >= 4 is 11.5 Å². The first kappa shape index (κ1) is 13.7. The molecule has 0 heterocycles. The highest BCUT2D eigenvalue weighted by atomic mass is 16.6. The first-order valence-electron chi connectivity index (χ1n) is 6.89. The van der Waals surface area contributed by atoms with E-state index < -0.39 is 27.2 Å². The topological polar surface area (TPSA) is 103 Å². The molecule has 0 radical (unpaired) electrons. The third-order valence-corrected chi connectivity index (χ3v) is 4.72. The Bertz CT molecular complexity index is 644. The fourth-order valence-corrected chi connectivity index (χ4v) is 3.76. The van der Waals surface area contributed by atoms with Gasteiger partial charge in [-0.1, -0.05) is 18.6 Å². The summed E-state index contributed by atoms with van der Waals surface area (Å²) in [5, 5.41) is 22.2. The van der Waals surface area contributed by atoms with Gasteiger partial charge in [-0.05, 0) is 18.4 Å². The van der Waals surface area contributed by atoms with Gasteiger partial charge in [0.15, 0.2) is 0 Å². The highest BCUT2D eigenvalue weighted by Gasteiger charge is 2.77. The third kappa shape index (κ3) is 1.91. The molecular weight excluding hydrogens is 276 g/mol. The lowest BCUT2D eigenvalue weighted by molar-refractivity contribution is -0.502. The Kier molecular flexibility index (Phi) is 3.00. The van der Waals surface area contributed by atoms with Gasteiger partial charge in [-0.2, -0.15) is 0 Å². The zero-order valence-electron chi connectivity index (χ0n) is 11.2. The number of Topliss-reactive ketones (excluding diaryl/α,β-unsaturated/α-hetero) is 1. The molecule has 0 saturated heterocycles. The van der Waals surface area contributed by atoms with Crippen LogP contribution in [-0.4, -0.2) is 21.7 Å². The number of nitro benzene ring substituents is 1. The normalized spacial score (nSPS) is 31.1. The van der Waals surface area contributed by atoms with Gasteiger partial charge in [0.2, 0.25) is 6.04 Å². The molecule has 0 aliphatic heterocycles. The zero-order valence-corrected chi connectivity index (χ0v) is 11.2. The largest absolute Gasteiger partial charge is 0.299 e. The smallest absolute Gasteiger partial charge is 0.269 e. The molecule has 3 rings (SSSR count). The number of hydrogen-bond acceptors (Lipinski definition) is 5. The number of carbonyl (C=O) groups excluding carboxylic acids is 1. The summed E-state index contributed by atoms with van der Waals surface area (Å²) in [6.45, 7) is 0. The molecule has 110 valence electrons. The number of non-ortho nitro benzene ring substituents is 1. The Morgan fingerprint density at radius 2 is 1.95 bits per heavy atom. The van der Waals surface area contributed by atoms with Crippen LogP contribution in [0.4, 0.5) is 5.69 Å². The quantitative estimate of drug-likeness (QED) is 0.628. The average molecular weight is 290 g/mol. The number of hydrogen-bond donors (Lipinski definition) is 0. The monoisotopic (exact) mass is 290 g/mol. The van der Waals surface area contributed by atoms with E-state index in [-0.39, 0.29) is 11.5 Å². The van der Waals surface area contributed by atoms with Crippen LogP contribution in [0.1, 0.15) is 37.2 Å². The second kappa shape index (κ2) is 4.61. The Hall–Kier alpha value is -2.31. The molecule has 3 atom stereocenters. The number of carbonyl (C=O) groups is 1.